The summed E-state index contributed by atoms with van der Waals surface area (Å²) >= 11 is 0. The van der Waals surface area contributed by atoms with Gasteiger partial charge in [0, 0.05) is 19.0 Å². The molecule has 0 aliphatic heterocycles. The van der Waals surface area contributed by atoms with Crippen LogP contribution in [0.4, 0.5) is 5.69 Å². The van der Waals surface area contributed by atoms with Crippen LogP contribution in [0.5, 0.6) is 11.5 Å². The summed E-state index contributed by atoms with van der Waals surface area (Å²) in [6.07, 6.45) is 4.29. The van der Waals surface area contributed by atoms with Gasteiger partial charge in [-0.25, -0.2) is 4.79 Å². The first-order valence-electron chi connectivity index (χ1n) is 11.7. The minimum absolute atomic E-state index is 0.0967. The number of carbonyl (C=O) groups excluding carboxylic acids is 2. The van der Waals surface area contributed by atoms with Gasteiger partial charge in [-0.15, -0.1) is 0 Å². The molecule has 1 amide bonds. The molecule has 0 aliphatic carbocycles. The Hall–Kier alpha value is -3.48. The van der Waals surface area contributed by atoms with Crippen LogP contribution >= 0.6 is 0 Å². The molecule has 2 rings (SSSR count). The van der Waals surface area contributed by atoms with E-state index in [2.05, 4.69) is 12.2 Å². The van der Waals surface area contributed by atoms with Gasteiger partial charge in [0.05, 0.1) is 26.4 Å². The van der Waals surface area contributed by atoms with Crippen LogP contribution in [0.25, 0.3) is 6.08 Å². The fourth-order valence-electron chi connectivity index (χ4n) is 3.08. The summed E-state index contributed by atoms with van der Waals surface area (Å²) < 4.78 is 22.5. The van der Waals surface area contributed by atoms with Crippen LogP contribution in [0.15, 0.2) is 48.2 Å². The molecule has 0 saturated heterocycles. The number of nitrogens with one attached hydrogen (secondary N) is 1. The predicted molar refractivity (Wildman–Crippen MR) is 133 cm³/mol. The summed E-state index contributed by atoms with van der Waals surface area (Å²) in [6, 6.07) is 13.2. The lowest BCUT2D eigenvalue weighted by atomic mass is 10.1. The Morgan fingerprint density at radius 3 is 2.24 bits per heavy atom. The average molecular weight is 470 g/mol. The summed E-state index contributed by atoms with van der Waals surface area (Å²) in [6.45, 7) is 8.82. The second kappa shape index (κ2) is 14.6. The van der Waals surface area contributed by atoms with Gasteiger partial charge in [0.1, 0.15) is 0 Å². The first-order chi connectivity index (χ1) is 16.5. The Morgan fingerprint density at radius 1 is 0.882 bits per heavy atom. The molecule has 0 fully saturated rings. The molecule has 0 saturated carbocycles. The number of unbranched alkanes of at least 4 members (excludes halogenated alkanes) is 1. The molecule has 1 N–H and O–H groups in total. The zero-order valence-corrected chi connectivity index (χ0v) is 20.5. The highest BCUT2D eigenvalue weighted by Crippen LogP contribution is 2.30. The van der Waals surface area contributed by atoms with E-state index in [0.29, 0.717) is 37.7 Å². The van der Waals surface area contributed by atoms with E-state index in [0.717, 1.165) is 29.7 Å². The number of carbonyl (C=O) groups is 2. The highest BCUT2D eigenvalue weighted by atomic mass is 16.6. The predicted octanol–water partition coefficient (Wildman–Crippen LogP) is 5.39. The number of amides is 1. The third-order valence-corrected chi connectivity index (χ3v) is 4.72. The Bertz CT molecular complexity index is 952. The van der Waals surface area contributed by atoms with E-state index >= 15 is 0 Å². The number of anilines is 1. The van der Waals surface area contributed by atoms with E-state index < -0.39 is 5.97 Å². The molecule has 0 bridgehead atoms. The molecule has 2 aromatic carbocycles. The van der Waals surface area contributed by atoms with Crippen molar-refractivity contribution in [1.82, 2.24) is 0 Å². The van der Waals surface area contributed by atoms with Crippen LogP contribution in [0.2, 0.25) is 0 Å². The van der Waals surface area contributed by atoms with E-state index in [-0.39, 0.29) is 18.3 Å². The summed E-state index contributed by atoms with van der Waals surface area (Å²) in [5.74, 6) is 0.809. The number of hydrogen-bond donors (Lipinski definition) is 1. The van der Waals surface area contributed by atoms with Gasteiger partial charge in [-0.1, -0.05) is 31.5 Å². The molecule has 0 atom stereocenters. The molecule has 7 nitrogen and oxygen atoms in total. The highest BCUT2D eigenvalue weighted by molar-refractivity contribution is 5.91. The van der Waals surface area contributed by atoms with E-state index in [4.69, 9.17) is 18.9 Å². The molecule has 0 unspecified atom stereocenters. The standard InChI is InChI=1S/C27H35NO6/c1-5-8-16-33-25-18-22(19-26(31-6-2)27(30)32-7-3)11-14-24(25)34-17-15-21-9-12-23(13-10-21)28-20(4)29/h9-14,18-19H,5-8,15-17H2,1-4H3,(H,28,29)/b26-19-. The average Bonchev–Trinajstić information content (AvgIpc) is 2.81. The number of hydrogen-bond acceptors (Lipinski definition) is 6. The lowest BCUT2D eigenvalue weighted by Crippen LogP contribution is -2.10. The van der Waals surface area contributed by atoms with Crippen LogP contribution in [0, 0.1) is 0 Å². The molecule has 2 aromatic rings. The Kier molecular flexibility index (Phi) is 11.5. The van der Waals surface area contributed by atoms with Crippen molar-refractivity contribution in [2.24, 2.45) is 0 Å². The molecule has 0 aromatic heterocycles. The fraction of sp³-hybridized carbons (Fsp3) is 0.407. The van der Waals surface area contributed by atoms with Crippen LogP contribution in [-0.4, -0.2) is 38.3 Å². The Labute approximate surface area is 202 Å². The van der Waals surface area contributed by atoms with E-state index in [1.165, 1.54) is 6.92 Å². The van der Waals surface area contributed by atoms with Gasteiger partial charge >= 0.3 is 5.97 Å². The molecular weight excluding hydrogens is 434 g/mol. The van der Waals surface area contributed by atoms with Crippen molar-refractivity contribution in [1.29, 1.82) is 0 Å². The summed E-state index contributed by atoms with van der Waals surface area (Å²) in [5.41, 5.74) is 2.61. The van der Waals surface area contributed by atoms with Gasteiger partial charge in [-0.2, -0.15) is 0 Å². The van der Waals surface area contributed by atoms with Gasteiger partial charge < -0.3 is 24.3 Å². The third-order valence-electron chi connectivity index (χ3n) is 4.72. The molecule has 184 valence electrons. The molecule has 0 spiro atoms. The molecule has 0 radical (unpaired) electrons. The van der Waals surface area contributed by atoms with Gasteiger partial charge in [0.25, 0.3) is 0 Å². The normalized spacial score (nSPS) is 11.0. The third kappa shape index (κ3) is 9.17. The Morgan fingerprint density at radius 2 is 1.59 bits per heavy atom. The van der Waals surface area contributed by atoms with Crippen molar-refractivity contribution in [2.45, 2.75) is 47.0 Å². The SMILES string of the molecule is CCCCOc1cc(/C=C(\OCC)C(=O)OCC)ccc1OCCc1ccc(NC(C)=O)cc1. The molecule has 34 heavy (non-hydrogen) atoms. The Balaban J connectivity index is 2.12. The zero-order chi connectivity index (χ0) is 24.8. The zero-order valence-electron chi connectivity index (χ0n) is 20.5. The first kappa shape index (κ1) is 26.8. The lowest BCUT2D eigenvalue weighted by molar-refractivity contribution is -0.142. The summed E-state index contributed by atoms with van der Waals surface area (Å²) in [5, 5.41) is 2.76. The molecule has 7 heteroatoms. The van der Waals surface area contributed by atoms with Crippen LogP contribution in [0.1, 0.15) is 51.7 Å². The van der Waals surface area contributed by atoms with E-state index in [1.54, 1.807) is 13.0 Å². The van der Waals surface area contributed by atoms with Crippen molar-refractivity contribution in [2.75, 3.05) is 31.7 Å². The smallest absolute Gasteiger partial charge is 0.373 e. The number of rotatable bonds is 14. The van der Waals surface area contributed by atoms with E-state index in [1.807, 2.05) is 49.4 Å². The van der Waals surface area contributed by atoms with Crippen molar-refractivity contribution in [3.05, 3.63) is 59.4 Å². The van der Waals surface area contributed by atoms with Gasteiger partial charge in [0.2, 0.25) is 11.7 Å². The lowest BCUT2D eigenvalue weighted by Gasteiger charge is -2.14. The number of ether oxygens (including phenoxy) is 4. The van der Waals surface area contributed by atoms with Crippen molar-refractivity contribution < 1.29 is 28.5 Å². The highest BCUT2D eigenvalue weighted by Gasteiger charge is 2.13. The number of esters is 1. The molecular formula is C27H35NO6. The van der Waals surface area contributed by atoms with Crippen LogP contribution in [0.3, 0.4) is 0 Å². The maximum Gasteiger partial charge on any atom is 0.373 e. The molecule has 0 aliphatic rings. The minimum atomic E-state index is -0.498. The maximum absolute atomic E-state index is 12.2. The maximum atomic E-state index is 12.2. The topological polar surface area (TPSA) is 83.1 Å². The second-order valence-corrected chi connectivity index (χ2v) is 7.55. The van der Waals surface area contributed by atoms with Crippen molar-refractivity contribution in [3.8, 4) is 11.5 Å². The van der Waals surface area contributed by atoms with Crippen LogP contribution in [-0.2, 0) is 25.5 Å². The van der Waals surface area contributed by atoms with E-state index in [9.17, 15) is 9.59 Å². The summed E-state index contributed by atoms with van der Waals surface area (Å²) in [7, 11) is 0. The second-order valence-electron chi connectivity index (χ2n) is 7.55. The molecule has 0 heterocycles. The minimum Gasteiger partial charge on any atom is -0.490 e. The quantitative estimate of drug-likeness (QED) is 0.173. The fourth-order valence-corrected chi connectivity index (χ4v) is 3.08. The van der Waals surface area contributed by atoms with Gasteiger partial charge in [-0.05, 0) is 61.7 Å². The largest absolute Gasteiger partial charge is 0.490 e. The summed E-state index contributed by atoms with van der Waals surface area (Å²) in [4.78, 5) is 23.3. The van der Waals surface area contributed by atoms with Crippen molar-refractivity contribution in [3.63, 3.8) is 0 Å². The van der Waals surface area contributed by atoms with Crippen molar-refractivity contribution >= 4 is 23.6 Å². The van der Waals surface area contributed by atoms with Gasteiger partial charge in [0.15, 0.2) is 11.5 Å². The van der Waals surface area contributed by atoms with Crippen LogP contribution < -0.4 is 14.8 Å². The first-order valence-corrected chi connectivity index (χ1v) is 11.7. The number of benzene rings is 2. The monoisotopic (exact) mass is 469 g/mol. The van der Waals surface area contributed by atoms with Gasteiger partial charge in [-0.3, -0.25) is 4.79 Å².